The summed E-state index contributed by atoms with van der Waals surface area (Å²) in [5.74, 6) is 0.210. The molecule has 0 aliphatic heterocycles. The van der Waals surface area contributed by atoms with E-state index in [0.29, 0.717) is 39.7 Å². The van der Waals surface area contributed by atoms with Crippen molar-refractivity contribution in [2.24, 2.45) is 0 Å². The van der Waals surface area contributed by atoms with Crippen LogP contribution in [0.3, 0.4) is 0 Å². The van der Waals surface area contributed by atoms with Crippen LogP contribution in [0.5, 0.6) is 5.75 Å². The maximum Gasteiger partial charge on any atom is 0.141 e. The molecule has 0 saturated heterocycles. The molecule has 0 aromatic heterocycles. The zero-order valence-electron chi connectivity index (χ0n) is 13.9. The van der Waals surface area contributed by atoms with E-state index in [2.05, 4.69) is 5.32 Å². The highest BCUT2D eigenvalue weighted by Gasteiger charge is 2.08. The quantitative estimate of drug-likeness (QED) is 0.421. The minimum absolute atomic E-state index is 0.0576. The maximum absolute atomic E-state index is 13.3. The first kappa shape index (κ1) is 20.1. The normalized spacial score (nSPS) is 10.7. The molecule has 0 unspecified atom stereocenters. The fourth-order valence-electron chi connectivity index (χ4n) is 2.42. The number of anilines is 1. The summed E-state index contributed by atoms with van der Waals surface area (Å²) in [5, 5.41) is 4.80. The number of hydrogen-bond donors (Lipinski definition) is 1. The van der Waals surface area contributed by atoms with E-state index < -0.39 is 5.82 Å². The van der Waals surface area contributed by atoms with Gasteiger partial charge in [-0.2, -0.15) is 0 Å². The monoisotopic (exact) mass is 443 g/mol. The van der Waals surface area contributed by atoms with Gasteiger partial charge in [0, 0.05) is 22.8 Å². The van der Waals surface area contributed by atoms with Crippen LogP contribution in [-0.4, -0.2) is 0 Å². The third kappa shape index (κ3) is 5.43. The molecule has 0 aliphatic rings. The second-order valence-electron chi connectivity index (χ2n) is 5.77. The topological polar surface area (TPSA) is 21.3 Å². The summed E-state index contributed by atoms with van der Waals surface area (Å²) in [6.07, 6.45) is 0. The Bertz CT molecular complexity index is 965. The molecule has 7 heteroatoms. The molecule has 140 valence electrons. The third-order valence-corrected chi connectivity index (χ3v) is 5.07. The van der Waals surface area contributed by atoms with E-state index in [9.17, 15) is 4.39 Å². The molecule has 0 aliphatic carbocycles. The van der Waals surface area contributed by atoms with Gasteiger partial charge in [0.15, 0.2) is 0 Å². The van der Waals surface area contributed by atoms with Crippen molar-refractivity contribution < 1.29 is 9.13 Å². The van der Waals surface area contributed by atoms with Crippen molar-refractivity contribution in [1.29, 1.82) is 0 Å². The Morgan fingerprint density at radius 2 is 1.63 bits per heavy atom. The molecule has 3 aromatic carbocycles. The number of benzene rings is 3. The smallest absolute Gasteiger partial charge is 0.141 e. The van der Waals surface area contributed by atoms with E-state index in [1.54, 1.807) is 30.3 Å². The van der Waals surface area contributed by atoms with Gasteiger partial charge in [0.25, 0.3) is 0 Å². The number of ether oxygens (including phenoxy) is 1. The van der Waals surface area contributed by atoms with Gasteiger partial charge in [-0.3, -0.25) is 0 Å². The highest BCUT2D eigenvalue weighted by atomic mass is 35.5. The SMILES string of the molecule is Fc1ccc(NCc2cc(Cl)ccc2OCc2ccc(Cl)c(Cl)c2)cc1Cl. The lowest BCUT2D eigenvalue weighted by Gasteiger charge is -2.14. The Balaban J connectivity index is 1.72. The van der Waals surface area contributed by atoms with E-state index >= 15 is 0 Å². The van der Waals surface area contributed by atoms with Gasteiger partial charge in [0.2, 0.25) is 0 Å². The average molecular weight is 445 g/mol. The Morgan fingerprint density at radius 3 is 2.37 bits per heavy atom. The summed E-state index contributed by atoms with van der Waals surface area (Å²) < 4.78 is 19.2. The van der Waals surface area contributed by atoms with Gasteiger partial charge >= 0.3 is 0 Å². The molecule has 1 N–H and O–H groups in total. The minimum atomic E-state index is -0.462. The predicted octanol–water partition coefficient (Wildman–Crippen LogP) is 7.63. The van der Waals surface area contributed by atoms with E-state index in [4.69, 9.17) is 51.1 Å². The standard InChI is InChI=1S/C20H14Cl4FNO/c21-14-2-6-20(27-11-12-1-4-16(22)17(23)7-12)13(8-14)10-26-15-3-5-19(25)18(24)9-15/h1-9,26H,10-11H2. The second kappa shape index (κ2) is 9.03. The lowest BCUT2D eigenvalue weighted by molar-refractivity contribution is 0.303. The molecule has 0 fully saturated rings. The van der Waals surface area contributed by atoms with E-state index in [1.807, 2.05) is 12.1 Å². The van der Waals surface area contributed by atoms with Crippen LogP contribution in [-0.2, 0) is 13.2 Å². The van der Waals surface area contributed by atoms with Crippen LogP contribution < -0.4 is 10.1 Å². The highest BCUT2D eigenvalue weighted by Crippen LogP contribution is 2.27. The van der Waals surface area contributed by atoms with Crippen LogP contribution in [0.2, 0.25) is 20.1 Å². The molecule has 0 atom stereocenters. The Kier molecular flexibility index (Phi) is 6.72. The fraction of sp³-hybridized carbons (Fsp3) is 0.100. The molecule has 2 nitrogen and oxygen atoms in total. The first-order chi connectivity index (χ1) is 12.9. The third-order valence-electron chi connectivity index (χ3n) is 3.80. The molecule has 0 amide bonds. The Morgan fingerprint density at radius 1 is 0.815 bits per heavy atom. The van der Waals surface area contributed by atoms with Crippen LogP contribution in [0, 0.1) is 5.82 Å². The van der Waals surface area contributed by atoms with Gasteiger partial charge in [-0.1, -0.05) is 52.5 Å². The van der Waals surface area contributed by atoms with Gasteiger partial charge in [0.1, 0.15) is 18.2 Å². The molecule has 0 saturated carbocycles. The second-order valence-corrected chi connectivity index (χ2v) is 7.43. The largest absolute Gasteiger partial charge is 0.489 e. The zero-order chi connectivity index (χ0) is 19.4. The predicted molar refractivity (Wildman–Crippen MR) is 111 cm³/mol. The van der Waals surface area contributed by atoms with Crippen LogP contribution in [0.4, 0.5) is 10.1 Å². The van der Waals surface area contributed by atoms with E-state index in [-0.39, 0.29) is 5.02 Å². The summed E-state index contributed by atoms with van der Waals surface area (Å²) in [7, 11) is 0. The van der Waals surface area contributed by atoms with Crippen molar-refractivity contribution in [2.45, 2.75) is 13.2 Å². The fourth-order valence-corrected chi connectivity index (χ4v) is 3.12. The minimum Gasteiger partial charge on any atom is -0.489 e. The van der Waals surface area contributed by atoms with Crippen LogP contribution >= 0.6 is 46.4 Å². The van der Waals surface area contributed by atoms with Crippen molar-refractivity contribution >= 4 is 52.1 Å². The van der Waals surface area contributed by atoms with Gasteiger partial charge in [-0.25, -0.2) is 4.39 Å². The molecule has 27 heavy (non-hydrogen) atoms. The summed E-state index contributed by atoms with van der Waals surface area (Å²) in [6, 6.07) is 15.2. The first-order valence-electron chi connectivity index (χ1n) is 7.96. The molecule has 0 spiro atoms. The van der Waals surface area contributed by atoms with E-state index in [0.717, 1.165) is 11.1 Å². The molecular weight excluding hydrogens is 431 g/mol. The first-order valence-corrected chi connectivity index (χ1v) is 9.47. The lowest BCUT2D eigenvalue weighted by atomic mass is 10.2. The summed E-state index contributed by atoms with van der Waals surface area (Å²) in [6.45, 7) is 0.757. The maximum atomic E-state index is 13.3. The van der Waals surface area contributed by atoms with E-state index in [1.165, 1.54) is 12.1 Å². The molecule has 0 heterocycles. The lowest BCUT2D eigenvalue weighted by Crippen LogP contribution is -2.04. The van der Waals surface area contributed by atoms with Gasteiger partial charge in [-0.05, 0) is 54.1 Å². The molecular formula is C20H14Cl4FNO. The Hall–Kier alpha value is -1.65. The number of rotatable bonds is 6. The molecule has 0 radical (unpaired) electrons. The molecule has 0 bridgehead atoms. The van der Waals surface area contributed by atoms with Crippen LogP contribution in [0.15, 0.2) is 54.6 Å². The van der Waals surface area contributed by atoms with Gasteiger partial charge < -0.3 is 10.1 Å². The van der Waals surface area contributed by atoms with Crippen molar-refractivity contribution in [2.75, 3.05) is 5.32 Å². The van der Waals surface area contributed by atoms with Crippen molar-refractivity contribution in [3.05, 3.63) is 91.6 Å². The summed E-state index contributed by atoms with van der Waals surface area (Å²) in [4.78, 5) is 0. The van der Waals surface area contributed by atoms with Gasteiger partial charge in [0.05, 0.1) is 15.1 Å². The van der Waals surface area contributed by atoms with Crippen molar-refractivity contribution in [1.82, 2.24) is 0 Å². The number of nitrogens with one attached hydrogen (secondary N) is 1. The number of hydrogen-bond acceptors (Lipinski definition) is 2. The zero-order valence-corrected chi connectivity index (χ0v) is 16.9. The highest BCUT2D eigenvalue weighted by molar-refractivity contribution is 6.42. The van der Waals surface area contributed by atoms with Crippen molar-refractivity contribution in [3.63, 3.8) is 0 Å². The Labute approximate surface area is 176 Å². The summed E-state index contributed by atoms with van der Waals surface area (Å²) in [5.41, 5.74) is 2.43. The average Bonchev–Trinajstić information content (AvgIpc) is 2.64. The van der Waals surface area contributed by atoms with Crippen LogP contribution in [0.1, 0.15) is 11.1 Å². The van der Waals surface area contributed by atoms with Crippen LogP contribution in [0.25, 0.3) is 0 Å². The van der Waals surface area contributed by atoms with Gasteiger partial charge in [-0.15, -0.1) is 0 Å². The molecule has 3 aromatic rings. The summed E-state index contributed by atoms with van der Waals surface area (Å²) >= 11 is 23.9. The molecule has 3 rings (SSSR count). The van der Waals surface area contributed by atoms with Crippen molar-refractivity contribution in [3.8, 4) is 5.75 Å². The number of halogens is 5.